The smallest absolute Gasteiger partial charge is 0.311 e. The number of esters is 4. The number of hydrogen-bond acceptors (Lipinski definition) is 16. The fraction of sp³-hybridized carbons (Fsp3) is 0.397. The molecule has 5 aliphatic rings. The Morgan fingerprint density at radius 1 is 0.449 bits per heavy atom. The van der Waals surface area contributed by atoms with Crippen LogP contribution in [0.3, 0.4) is 0 Å². The van der Waals surface area contributed by atoms with Crippen LogP contribution in [0, 0.1) is 22.2 Å². The summed E-state index contributed by atoms with van der Waals surface area (Å²) in [5.74, 6) is -3.47. The Morgan fingerprint density at radius 2 is 0.775 bits per heavy atom. The van der Waals surface area contributed by atoms with Crippen molar-refractivity contribution in [2.75, 3.05) is 0 Å². The van der Waals surface area contributed by atoms with Gasteiger partial charge in [0.1, 0.15) is 46.0 Å². The summed E-state index contributed by atoms with van der Waals surface area (Å²) >= 11 is 0. The second kappa shape index (κ2) is 22.6. The van der Waals surface area contributed by atoms with Gasteiger partial charge in [-0.05, 0) is 138 Å². The SMILES string of the molecule is CCC12CCC(=O)Oc3cc(c(O)c(C(C)(C)C)c3)C=Nc3ccccc3N=Cc3cc4cc(c3O)C(C)(C)C35C1C(C)(C)c1cc(cc(c1O)C=Nc1ccccc1N=Cc1cc(cc(c1O)C3(C)C)OC(=O)CCC5(CC)CCC(=O)O4)OC(=O)CC2. The van der Waals surface area contributed by atoms with E-state index in [0.29, 0.717) is 45.0 Å². The van der Waals surface area contributed by atoms with Gasteiger partial charge in [-0.2, -0.15) is 0 Å². The maximum Gasteiger partial charge on any atom is 0.311 e. The van der Waals surface area contributed by atoms with E-state index in [1.165, 1.54) is 24.9 Å². The molecule has 0 saturated carbocycles. The fourth-order valence-corrected chi connectivity index (χ4v) is 16.8. The van der Waals surface area contributed by atoms with Crippen molar-refractivity contribution in [1.82, 2.24) is 0 Å². The highest BCUT2D eigenvalue weighted by atomic mass is 16.5. The number of carbonyl (C=O) groups is 4. The molecule has 1 spiro atoms. The van der Waals surface area contributed by atoms with Crippen LogP contribution in [0.25, 0.3) is 0 Å². The fourth-order valence-electron chi connectivity index (χ4n) is 16.8. The highest BCUT2D eigenvalue weighted by molar-refractivity contribution is 5.94. The van der Waals surface area contributed by atoms with Gasteiger partial charge in [-0.3, -0.25) is 39.1 Å². The van der Waals surface area contributed by atoms with Crippen LogP contribution in [0.5, 0.6) is 46.0 Å². The minimum absolute atomic E-state index is 0.0379. The van der Waals surface area contributed by atoms with E-state index in [9.17, 15) is 25.2 Å². The van der Waals surface area contributed by atoms with Crippen LogP contribution in [0.1, 0.15) is 185 Å². The van der Waals surface area contributed by atoms with Gasteiger partial charge in [-0.15, -0.1) is 0 Å². The molecular weight excluding hydrogens is 1120 g/mol. The number of nitrogens with zero attached hydrogens (tertiary/aromatic N) is 4. The van der Waals surface area contributed by atoms with Crippen LogP contribution < -0.4 is 18.9 Å². The summed E-state index contributed by atoms with van der Waals surface area (Å²) in [6, 6.07) is 27.2. The van der Waals surface area contributed by atoms with E-state index < -0.39 is 67.7 Å². The molecule has 4 unspecified atom stereocenters. The van der Waals surface area contributed by atoms with Gasteiger partial charge in [-0.25, -0.2) is 0 Å². The van der Waals surface area contributed by atoms with E-state index in [1.54, 1.807) is 97.1 Å². The molecule has 5 aliphatic heterocycles. The summed E-state index contributed by atoms with van der Waals surface area (Å²) in [6.07, 6.45) is 6.04. The average molecular weight is 1200 g/mol. The Kier molecular flexibility index (Phi) is 15.7. The third kappa shape index (κ3) is 10.4. The summed E-state index contributed by atoms with van der Waals surface area (Å²) in [4.78, 5) is 80.1. The van der Waals surface area contributed by atoms with Gasteiger partial charge in [0.05, 0.1) is 22.7 Å². The maximum atomic E-state index is 15.4. The van der Waals surface area contributed by atoms with Crippen molar-refractivity contribution >= 4 is 71.5 Å². The van der Waals surface area contributed by atoms with Crippen molar-refractivity contribution in [2.24, 2.45) is 42.1 Å². The quantitative estimate of drug-likeness (QED) is 0.0936. The van der Waals surface area contributed by atoms with E-state index in [2.05, 4.69) is 41.5 Å². The minimum Gasteiger partial charge on any atom is -0.507 e. The van der Waals surface area contributed by atoms with Gasteiger partial charge < -0.3 is 39.4 Å². The third-order valence-electron chi connectivity index (χ3n) is 20.6. The average Bonchev–Trinajstić information content (AvgIpc) is 0.658. The predicted molar refractivity (Wildman–Crippen MR) is 343 cm³/mol. The first kappa shape index (κ1) is 61.7. The summed E-state index contributed by atoms with van der Waals surface area (Å²) in [7, 11) is 0. The molecule has 11 rings (SSSR count). The molecule has 4 atom stereocenters. The van der Waals surface area contributed by atoms with Crippen molar-refractivity contribution in [3.8, 4) is 46.0 Å². The highest BCUT2D eigenvalue weighted by Crippen LogP contribution is 2.78. The molecule has 0 aromatic heterocycles. The monoisotopic (exact) mass is 1200 g/mol. The molecule has 16 heteroatoms. The number of para-hydroxylation sites is 4. The van der Waals surface area contributed by atoms with Gasteiger partial charge in [0.15, 0.2) is 0 Å². The molecule has 16 nitrogen and oxygen atoms in total. The molecule has 4 N–H and O–H groups in total. The van der Waals surface area contributed by atoms with Crippen molar-refractivity contribution in [3.63, 3.8) is 0 Å². The first-order valence-corrected chi connectivity index (χ1v) is 30.8. The molecule has 0 amide bonds. The van der Waals surface area contributed by atoms with E-state index >= 15 is 14.4 Å². The number of aromatic hydroxyl groups is 4. The molecule has 0 aliphatic carbocycles. The van der Waals surface area contributed by atoms with Crippen molar-refractivity contribution in [1.29, 1.82) is 0 Å². The number of phenols is 4. The van der Waals surface area contributed by atoms with Gasteiger partial charge in [-0.1, -0.05) is 107 Å². The number of carbonyl (C=O) groups excluding carboxylic acids is 4. The lowest BCUT2D eigenvalue weighted by molar-refractivity contribution is -0.212. The number of aliphatic imine (C=N–C) groups is 4. The molecule has 0 fully saturated rings. The van der Waals surface area contributed by atoms with Gasteiger partial charge in [0, 0.05) is 106 Å². The Hall–Kier alpha value is -8.92. The number of phenolic OH excluding ortho intramolecular Hbond substituents is 4. The van der Waals surface area contributed by atoms with E-state index in [4.69, 9.17) is 38.9 Å². The zero-order valence-corrected chi connectivity index (χ0v) is 52.5. The summed E-state index contributed by atoms with van der Waals surface area (Å²) in [6.45, 7) is 22.2. The molecule has 13 bridgehead atoms. The van der Waals surface area contributed by atoms with Crippen LogP contribution in [0.2, 0.25) is 0 Å². The van der Waals surface area contributed by atoms with Crippen LogP contribution in [0.15, 0.2) is 117 Å². The Labute approximate surface area is 519 Å². The second-order valence-corrected chi connectivity index (χ2v) is 27.4. The number of hydrogen-bond donors (Lipinski definition) is 4. The lowest BCUT2D eigenvalue weighted by atomic mass is 9.28. The van der Waals surface area contributed by atoms with Gasteiger partial charge >= 0.3 is 23.9 Å². The molecule has 89 heavy (non-hydrogen) atoms. The molecule has 462 valence electrons. The lowest BCUT2D eigenvalue weighted by Gasteiger charge is -2.74. The first-order chi connectivity index (χ1) is 42.1. The van der Waals surface area contributed by atoms with Gasteiger partial charge in [0.2, 0.25) is 0 Å². The zero-order valence-electron chi connectivity index (χ0n) is 52.5. The predicted octanol–water partition coefficient (Wildman–Crippen LogP) is 15.5. The maximum absolute atomic E-state index is 15.4. The van der Waals surface area contributed by atoms with Crippen LogP contribution >= 0.6 is 0 Å². The van der Waals surface area contributed by atoms with E-state index in [0.717, 1.165) is 0 Å². The van der Waals surface area contributed by atoms with Crippen LogP contribution in [-0.2, 0) is 40.8 Å². The number of rotatable bonds is 2. The summed E-state index contributed by atoms with van der Waals surface area (Å²) < 4.78 is 25.5. The van der Waals surface area contributed by atoms with Crippen molar-refractivity contribution in [2.45, 2.75) is 162 Å². The Morgan fingerprint density at radius 3 is 1.12 bits per heavy atom. The molecule has 6 aromatic carbocycles. The Bertz CT molecular complexity index is 4030. The van der Waals surface area contributed by atoms with Gasteiger partial charge in [0.25, 0.3) is 0 Å². The first-order valence-electron chi connectivity index (χ1n) is 30.8. The molecule has 0 saturated heterocycles. The number of ether oxygens (including phenoxy) is 4. The zero-order chi connectivity index (χ0) is 63.8. The third-order valence-corrected chi connectivity index (χ3v) is 20.6. The molecular formula is C73H78N4O12. The lowest BCUT2D eigenvalue weighted by Crippen LogP contribution is -2.72. The molecule has 5 heterocycles. The largest absolute Gasteiger partial charge is 0.507 e. The van der Waals surface area contributed by atoms with E-state index in [1.807, 2.05) is 34.6 Å². The van der Waals surface area contributed by atoms with Crippen LogP contribution in [-0.4, -0.2) is 69.2 Å². The normalized spacial score (nSPS) is 23.7. The summed E-state index contributed by atoms with van der Waals surface area (Å²) in [5, 5.41) is 52.7. The standard InChI is InChI=1S/C73H78N4O12/c1-12-71-26-22-58(78)86-46-30-42(62(82)50(34-46)67(3,4)5)38-74-54-18-14-16-20-56(54)76-40-44-32-48-36-52(64(44)84)69(8,9)73-66(71)68(6,7)51-35-47(87-59(79)23-27-71)31-43(63(51)83)39-75-55-19-15-17-21-57(55)77-41-45-33-49(37-53(65(45)85)70(73,10)11)89-61(81)25-29-72(73,13-2)28-24-60(80)88-48/h14-21,30-41,66,82-85H,12-13,22-29H2,1-11H3. The van der Waals surface area contributed by atoms with Crippen LogP contribution in [0.4, 0.5) is 22.7 Å². The van der Waals surface area contributed by atoms with Crippen molar-refractivity contribution < 1.29 is 58.6 Å². The minimum atomic E-state index is -1.60. The van der Waals surface area contributed by atoms with E-state index in [-0.39, 0.29) is 132 Å². The second-order valence-electron chi connectivity index (χ2n) is 27.4. The Balaban J connectivity index is 1.38. The topological polar surface area (TPSA) is 236 Å². The number of fused-ring (bicyclic) bond motifs is 10. The molecule has 0 radical (unpaired) electrons. The highest BCUT2D eigenvalue weighted by Gasteiger charge is 2.75. The van der Waals surface area contributed by atoms with Crippen molar-refractivity contribution in [3.05, 3.63) is 142 Å². The number of benzene rings is 6. The summed E-state index contributed by atoms with van der Waals surface area (Å²) in [5.41, 5.74) is -5.22. The molecule has 6 aromatic rings.